The molecule has 2 N–H and O–H groups in total. The number of hydrogen-bond donors (Lipinski definition) is 2. The van der Waals surface area contributed by atoms with Gasteiger partial charge in [-0.1, -0.05) is 12.1 Å². The van der Waals surface area contributed by atoms with Crippen molar-refractivity contribution >= 4 is 17.5 Å². The van der Waals surface area contributed by atoms with Crippen molar-refractivity contribution < 1.29 is 19.1 Å². The van der Waals surface area contributed by atoms with Gasteiger partial charge in [0.2, 0.25) is 0 Å². The molecule has 3 rings (SSSR count). The van der Waals surface area contributed by atoms with Crippen LogP contribution < -0.4 is 20.2 Å². The first kappa shape index (κ1) is 20.0. The Kier molecular flexibility index (Phi) is 6.19. The summed E-state index contributed by atoms with van der Waals surface area (Å²) in [6.07, 6.45) is 0. The van der Waals surface area contributed by atoms with Crippen molar-refractivity contribution in [2.24, 2.45) is 0 Å². The summed E-state index contributed by atoms with van der Waals surface area (Å²) in [6.45, 7) is 3.67. The number of methoxy groups -OCH3 is 1. The van der Waals surface area contributed by atoms with Gasteiger partial charge in [0, 0.05) is 17.0 Å². The van der Waals surface area contributed by atoms with Gasteiger partial charge in [-0.2, -0.15) is 0 Å². The molecule has 150 valence electrons. The van der Waals surface area contributed by atoms with E-state index in [1.165, 1.54) is 7.11 Å². The maximum atomic E-state index is 12.4. The van der Waals surface area contributed by atoms with Crippen LogP contribution in [0.25, 0.3) is 0 Å². The van der Waals surface area contributed by atoms with E-state index < -0.39 is 0 Å². The number of amides is 2. The number of benzene rings is 2. The fraction of sp³-hybridized carbons (Fsp3) is 0.182. The SMILES string of the molecule is COc1ccccc1NC(=O)COc1ccc(C(=O)Nn2c(C)ccc2C)cc1. The third-order valence-corrected chi connectivity index (χ3v) is 4.35. The van der Waals surface area contributed by atoms with Crippen LogP contribution in [0.3, 0.4) is 0 Å². The summed E-state index contributed by atoms with van der Waals surface area (Å²) in [7, 11) is 1.54. The predicted octanol–water partition coefficient (Wildman–Crippen LogP) is 3.51. The summed E-state index contributed by atoms with van der Waals surface area (Å²) in [5, 5.41) is 2.74. The zero-order chi connectivity index (χ0) is 20.8. The Morgan fingerprint density at radius 3 is 2.24 bits per heavy atom. The van der Waals surface area contributed by atoms with Gasteiger partial charge in [0.05, 0.1) is 12.8 Å². The molecular weight excluding hydrogens is 370 g/mol. The first-order valence-electron chi connectivity index (χ1n) is 9.10. The van der Waals surface area contributed by atoms with Gasteiger partial charge in [-0.25, -0.2) is 0 Å². The highest BCUT2D eigenvalue weighted by Crippen LogP contribution is 2.23. The van der Waals surface area contributed by atoms with Gasteiger partial charge in [0.1, 0.15) is 11.5 Å². The quantitative estimate of drug-likeness (QED) is 0.644. The lowest BCUT2D eigenvalue weighted by Gasteiger charge is -2.12. The second-order valence-corrected chi connectivity index (χ2v) is 6.45. The van der Waals surface area contributed by atoms with Crippen molar-refractivity contribution in [2.45, 2.75) is 13.8 Å². The van der Waals surface area contributed by atoms with Gasteiger partial charge in [-0.15, -0.1) is 0 Å². The fourth-order valence-corrected chi connectivity index (χ4v) is 2.80. The normalized spacial score (nSPS) is 10.3. The zero-order valence-corrected chi connectivity index (χ0v) is 16.6. The van der Waals surface area contributed by atoms with Crippen molar-refractivity contribution in [3.63, 3.8) is 0 Å². The van der Waals surface area contributed by atoms with Crippen LogP contribution in [0.5, 0.6) is 11.5 Å². The molecule has 2 amide bonds. The number of carbonyl (C=O) groups is 2. The number of aromatic nitrogens is 1. The van der Waals surface area contributed by atoms with E-state index in [1.807, 2.05) is 32.0 Å². The lowest BCUT2D eigenvalue weighted by atomic mass is 10.2. The molecule has 0 aliphatic carbocycles. The standard InChI is InChI=1S/C22H23N3O4/c1-15-8-9-16(2)25(15)24-22(27)17-10-12-18(13-11-17)29-14-21(26)23-19-6-4-5-7-20(19)28-3/h4-13H,14H2,1-3H3,(H,23,26)(H,24,27). The van der Waals surface area contributed by atoms with Crippen LogP contribution in [-0.4, -0.2) is 30.2 Å². The van der Waals surface area contributed by atoms with Crippen LogP contribution in [0.15, 0.2) is 60.7 Å². The van der Waals surface area contributed by atoms with E-state index >= 15 is 0 Å². The number of anilines is 1. The average Bonchev–Trinajstić information content (AvgIpc) is 3.05. The van der Waals surface area contributed by atoms with Crippen LogP contribution in [0.2, 0.25) is 0 Å². The largest absolute Gasteiger partial charge is 0.495 e. The Balaban J connectivity index is 1.55. The van der Waals surface area contributed by atoms with E-state index in [-0.39, 0.29) is 18.4 Å². The topological polar surface area (TPSA) is 81.6 Å². The maximum absolute atomic E-state index is 12.4. The molecule has 0 aliphatic rings. The summed E-state index contributed by atoms with van der Waals surface area (Å²) >= 11 is 0. The van der Waals surface area contributed by atoms with Crippen molar-refractivity contribution in [1.82, 2.24) is 4.68 Å². The summed E-state index contributed by atoms with van der Waals surface area (Å²) in [6, 6.07) is 17.6. The molecule has 0 saturated heterocycles. The Morgan fingerprint density at radius 1 is 0.931 bits per heavy atom. The van der Waals surface area contributed by atoms with Crippen molar-refractivity contribution in [3.8, 4) is 11.5 Å². The van der Waals surface area contributed by atoms with E-state index in [9.17, 15) is 9.59 Å². The third kappa shape index (κ3) is 4.95. The molecule has 7 heteroatoms. The number of nitrogens with one attached hydrogen (secondary N) is 2. The summed E-state index contributed by atoms with van der Waals surface area (Å²) in [4.78, 5) is 24.5. The molecular formula is C22H23N3O4. The smallest absolute Gasteiger partial charge is 0.270 e. The molecule has 7 nitrogen and oxygen atoms in total. The number of para-hydroxylation sites is 2. The Labute approximate surface area is 169 Å². The van der Waals surface area contributed by atoms with E-state index in [0.29, 0.717) is 22.7 Å². The second kappa shape index (κ2) is 8.97. The summed E-state index contributed by atoms with van der Waals surface area (Å²) < 4.78 is 12.4. The molecule has 0 atom stereocenters. The van der Waals surface area contributed by atoms with Crippen molar-refractivity contribution in [3.05, 3.63) is 77.6 Å². The minimum absolute atomic E-state index is 0.161. The van der Waals surface area contributed by atoms with Crippen molar-refractivity contribution in [2.75, 3.05) is 24.5 Å². The Hall–Kier alpha value is -3.74. The van der Waals surface area contributed by atoms with E-state index in [1.54, 1.807) is 47.1 Å². The molecule has 0 aliphatic heterocycles. The molecule has 29 heavy (non-hydrogen) atoms. The van der Waals surface area contributed by atoms with Gasteiger partial charge in [-0.3, -0.25) is 19.7 Å². The second-order valence-electron chi connectivity index (χ2n) is 6.45. The highest BCUT2D eigenvalue weighted by molar-refractivity contribution is 6.00. The average molecular weight is 393 g/mol. The van der Waals surface area contributed by atoms with Crippen LogP contribution in [0.4, 0.5) is 5.69 Å². The Morgan fingerprint density at radius 2 is 1.59 bits per heavy atom. The lowest BCUT2D eigenvalue weighted by molar-refractivity contribution is -0.118. The summed E-state index contributed by atoms with van der Waals surface area (Å²) in [5.41, 5.74) is 5.79. The maximum Gasteiger partial charge on any atom is 0.270 e. The van der Waals surface area contributed by atoms with Crippen LogP contribution >= 0.6 is 0 Å². The van der Waals surface area contributed by atoms with Crippen LogP contribution in [0, 0.1) is 13.8 Å². The molecule has 0 fully saturated rings. The Bertz CT molecular complexity index is 990. The van der Waals surface area contributed by atoms with E-state index in [2.05, 4.69) is 10.7 Å². The lowest BCUT2D eigenvalue weighted by Crippen LogP contribution is -2.24. The van der Waals surface area contributed by atoms with Crippen molar-refractivity contribution in [1.29, 1.82) is 0 Å². The molecule has 0 spiro atoms. The number of aryl methyl sites for hydroxylation is 2. The molecule has 0 unspecified atom stereocenters. The number of hydrogen-bond acceptors (Lipinski definition) is 4. The van der Waals surface area contributed by atoms with E-state index in [4.69, 9.17) is 9.47 Å². The van der Waals surface area contributed by atoms with Gasteiger partial charge in [0.15, 0.2) is 6.61 Å². The number of carbonyl (C=O) groups excluding carboxylic acids is 2. The zero-order valence-electron chi connectivity index (χ0n) is 16.6. The number of rotatable bonds is 7. The van der Waals surface area contributed by atoms with Crippen LogP contribution in [0.1, 0.15) is 21.7 Å². The number of nitrogens with zero attached hydrogens (tertiary/aromatic N) is 1. The molecule has 0 saturated carbocycles. The third-order valence-electron chi connectivity index (χ3n) is 4.35. The molecule has 3 aromatic rings. The minimum atomic E-state index is -0.310. The first-order chi connectivity index (χ1) is 14.0. The highest BCUT2D eigenvalue weighted by Gasteiger charge is 2.10. The number of ether oxygens (including phenoxy) is 2. The minimum Gasteiger partial charge on any atom is -0.495 e. The van der Waals surface area contributed by atoms with Gasteiger partial charge in [-0.05, 0) is 62.4 Å². The fourth-order valence-electron chi connectivity index (χ4n) is 2.80. The van der Waals surface area contributed by atoms with Crippen LogP contribution in [-0.2, 0) is 4.79 Å². The molecule has 2 aromatic carbocycles. The van der Waals surface area contributed by atoms with Gasteiger partial charge in [0.25, 0.3) is 11.8 Å². The molecule has 0 radical (unpaired) electrons. The molecule has 0 bridgehead atoms. The first-order valence-corrected chi connectivity index (χ1v) is 9.10. The van der Waals surface area contributed by atoms with Gasteiger partial charge >= 0.3 is 0 Å². The monoisotopic (exact) mass is 393 g/mol. The van der Waals surface area contributed by atoms with Gasteiger partial charge < -0.3 is 14.8 Å². The van der Waals surface area contributed by atoms with E-state index in [0.717, 1.165) is 11.4 Å². The molecule has 1 aromatic heterocycles. The summed E-state index contributed by atoms with van der Waals surface area (Å²) in [5.74, 6) is 0.525. The highest BCUT2D eigenvalue weighted by atomic mass is 16.5. The predicted molar refractivity (Wildman–Crippen MR) is 111 cm³/mol. The molecule has 1 heterocycles.